The molecule has 0 spiro atoms. The van der Waals surface area contributed by atoms with Crippen molar-refractivity contribution in [3.63, 3.8) is 0 Å². The molecule has 0 bridgehead atoms. The lowest BCUT2D eigenvalue weighted by molar-refractivity contribution is 0.0381. The van der Waals surface area contributed by atoms with E-state index in [0.717, 1.165) is 0 Å². The van der Waals surface area contributed by atoms with Gasteiger partial charge in [-0.05, 0) is 19.1 Å². The number of ether oxygens (including phenoxy) is 1. The van der Waals surface area contributed by atoms with Crippen LogP contribution in [-0.2, 0) is 17.3 Å². The van der Waals surface area contributed by atoms with Crippen molar-refractivity contribution in [2.75, 3.05) is 6.61 Å². The summed E-state index contributed by atoms with van der Waals surface area (Å²) >= 11 is 6.87. The molecule has 0 amide bonds. The van der Waals surface area contributed by atoms with Gasteiger partial charge in [-0.25, -0.2) is 4.98 Å². The number of hydrogen-bond acceptors (Lipinski definition) is 3. The predicted molar refractivity (Wildman–Crippen MR) is 71.9 cm³/mol. The minimum atomic E-state index is -3.12. The van der Waals surface area contributed by atoms with Crippen LogP contribution in [0.4, 0.5) is 8.78 Å². The number of aromatic nitrogens is 1. The number of nitrogens with zero attached hydrogens (tertiary/aromatic N) is 1. The number of rotatable bonds is 5. The lowest BCUT2D eigenvalue weighted by Crippen LogP contribution is -2.15. The molecule has 2 rings (SSSR count). The van der Waals surface area contributed by atoms with E-state index in [4.69, 9.17) is 16.3 Å². The summed E-state index contributed by atoms with van der Waals surface area (Å²) in [5.74, 6) is -3.12. The lowest BCUT2D eigenvalue weighted by atomic mass is 10.1. The van der Waals surface area contributed by atoms with Crippen LogP contribution in [0, 0.1) is 0 Å². The molecular weight excluding hydrogens is 292 g/mol. The van der Waals surface area contributed by atoms with Crippen LogP contribution in [0.1, 0.15) is 23.2 Å². The van der Waals surface area contributed by atoms with Crippen LogP contribution in [0.3, 0.4) is 0 Å². The van der Waals surface area contributed by atoms with Gasteiger partial charge in [-0.1, -0.05) is 23.7 Å². The number of halogens is 3. The Morgan fingerprint density at radius 3 is 2.63 bits per heavy atom. The fourth-order valence-electron chi connectivity index (χ4n) is 1.52. The first kappa shape index (κ1) is 14.4. The van der Waals surface area contributed by atoms with Crippen molar-refractivity contribution in [3.8, 4) is 0 Å². The average Bonchev–Trinajstić information content (AvgIpc) is 2.86. The average molecular weight is 304 g/mol. The Morgan fingerprint density at radius 2 is 2.00 bits per heavy atom. The summed E-state index contributed by atoms with van der Waals surface area (Å²) in [7, 11) is 0. The van der Waals surface area contributed by atoms with E-state index in [1.54, 1.807) is 0 Å². The van der Waals surface area contributed by atoms with Gasteiger partial charge in [-0.2, -0.15) is 8.78 Å². The van der Waals surface area contributed by atoms with Crippen LogP contribution in [0.5, 0.6) is 0 Å². The van der Waals surface area contributed by atoms with Gasteiger partial charge in [0.05, 0.1) is 6.61 Å². The summed E-state index contributed by atoms with van der Waals surface area (Å²) in [5.41, 5.74) is -0.375. The molecule has 2 aromatic rings. The van der Waals surface area contributed by atoms with Gasteiger partial charge in [0, 0.05) is 22.6 Å². The second kappa shape index (κ2) is 5.94. The summed E-state index contributed by atoms with van der Waals surface area (Å²) in [6.45, 7) is 2.64. The van der Waals surface area contributed by atoms with Crippen LogP contribution in [0.2, 0.25) is 5.02 Å². The Labute approximate surface area is 119 Å². The highest BCUT2D eigenvalue weighted by Crippen LogP contribution is 2.36. The molecule has 0 aliphatic heterocycles. The van der Waals surface area contributed by atoms with Gasteiger partial charge in [0.1, 0.15) is 10.7 Å². The van der Waals surface area contributed by atoms with Crippen molar-refractivity contribution >= 4 is 22.9 Å². The van der Waals surface area contributed by atoms with E-state index >= 15 is 0 Å². The molecule has 0 fully saturated rings. The third kappa shape index (κ3) is 3.29. The summed E-state index contributed by atoms with van der Waals surface area (Å²) in [6.07, 6.45) is 0. The standard InChI is InChI=1S/C13H12ClF2NOS/c1-2-18-7-12-17-11(8-19-12)13(15,16)9-3-5-10(14)6-4-9/h3-6,8H,2,7H2,1H3. The minimum Gasteiger partial charge on any atom is -0.375 e. The maximum Gasteiger partial charge on any atom is 0.315 e. The van der Waals surface area contributed by atoms with Crippen LogP contribution in [0.25, 0.3) is 0 Å². The van der Waals surface area contributed by atoms with E-state index in [-0.39, 0.29) is 17.9 Å². The second-order valence-electron chi connectivity index (χ2n) is 3.84. The zero-order chi connectivity index (χ0) is 13.9. The van der Waals surface area contributed by atoms with Crippen LogP contribution < -0.4 is 0 Å². The zero-order valence-electron chi connectivity index (χ0n) is 10.2. The monoisotopic (exact) mass is 303 g/mol. The Bertz CT molecular complexity index is 542. The minimum absolute atomic E-state index is 0.120. The van der Waals surface area contributed by atoms with Gasteiger partial charge in [-0.15, -0.1) is 11.3 Å². The van der Waals surface area contributed by atoms with Gasteiger partial charge in [0.2, 0.25) is 0 Å². The smallest absolute Gasteiger partial charge is 0.315 e. The third-order valence-corrected chi connectivity index (χ3v) is 3.58. The summed E-state index contributed by atoms with van der Waals surface area (Å²) in [5, 5.41) is 2.34. The first-order chi connectivity index (χ1) is 9.04. The van der Waals surface area contributed by atoms with Gasteiger partial charge >= 0.3 is 5.92 Å². The number of thiazole rings is 1. The molecule has 6 heteroatoms. The van der Waals surface area contributed by atoms with Crippen molar-refractivity contribution in [1.29, 1.82) is 0 Å². The molecule has 2 nitrogen and oxygen atoms in total. The number of hydrogen-bond donors (Lipinski definition) is 0. The van der Waals surface area contributed by atoms with Crippen molar-refractivity contribution in [2.24, 2.45) is 0 Å². The number of alkyl halides is 2. The summed E-state index contributed by atoms with van der Waals surface area (Å²) < 4.78 is 33.6. The van der Waals surface area contributed by atoms with Crippen molar-refractivity contribution < 1.29 is 13.5 Å². The van der Waals surface area contributed by atoms with Crippen molar-refractivity contribution in [1.82, 2.24) is 4.98 Å². The normalized spacial score (nSPS) is 11.8. The Kier molecular flexibility index (Phi) is 4.50. The Morgan fingerprint density at radius 1 is 1.32 bits per heavy atom. The highest BCUT2D eigenvalue weighted by Gasteiger charge is 2.36. The van der Waals surface area contributed by atoms with Gasteiger partial charge in [-0.3, -0.25) is 0 Å². The first-order valence-corrected chi connectivity index (χ1v) is 6.96. The zero-order valence-corrected chi connectivity index (χ0v) is 11.8. The van der Waals surface area contributed by atoms with Gasteiger partial charge in [0.25, 0.3) is 0 Å². The largest absolute Gasteiger partial charge is 0.375 e. The topological polar surface area (TPSA) is 22.1 Å². The molecule has 1 aromatic heterocycles. The molecule has 0 atom stereocenters. The van der Waals surface area contributed by atoms with Crippen molar-refractivity contribution in [2.45, 2.75) is 19.5 Å². The molecule has 1 heterocycles. The van der Waals surface area contributed by atoms with E-state index in [9.17, 15) is 8.78 Å². The third-order valence-electron chi connectivity index (χ3n) is 2.51. The Balaban J connectivity index is 2.23. The highest BCUT2D eigenvalue weighted by molar-refractivity contribution is 7.09. The molecule has 0 radical (unpaired) electrons. The summed E-state index contributed by atoms with van der Waals surface area (Å²) in [6, 6.07) is 5.50. The molecule has 102 valence electrons. The maximum atomic E-state index is 14.2. The van der Waals surface area contributed by atoms with Gasteiger partial charge < -0.3 is 4.74 Å². The molecule has 0 N–H and O–H groups in total. The quantitative estimate of drug-likeness (QED) is 0.813. The van der Waals surface area contributed by atoms with E-state index < -0.39 is 5.92 Å². The van der Waals surface area contributed by atoms with Crippen LogP contribution in [0.15, 0.2) is 29.6 Å². The second-order valence-corrected chi connectivity index (χ2v) is 5.22. The predicted octanol–water partition coefficient (Wildman–Crippen LogP) is 4.47. The molecule has 0 saturated carbocycles. The molecule has 19 heavy (non-hydrogen) atoms. The SMILES string of the molecule is CCOCc1nc(C(F)(F)c2ccc(Cl)cc2)cs1. The fraction of sp³-hybridized carbons (Fsp3) is 0.308. The molecule has 0 unspecified atom stereocenters. The number of benzene rings is 1. The van der Waals surface area contributed by atoms with Gasteiger partial charge in [0.15, 0.2) is 0 Å². The maximum absolute atomic E-state index is 14.2. The van der Waals surface area contributed by atoms with Crippen molar-refractivity contribution in [3.05, 3.63) is 50.9 Å². The van der Waals surface area contributed by atoms with E-state index in [0.29, 0.717) is 16.6 Å². The van der Waals surface area contributed by atoms with E-state index in [1.165, 1.54) is 41.0 Å². The fourth-order valence-corrected chi connectivity index (χ4v) is 2.39. The van der Waals surface area contributed by atoms with Crippen LogP contribution >= 0.6 is 22.9 Å². The molecule has 0 aliphatic rings. The lowest BCUT2D eigenvalue weighted by Gasteiger charge is -2.14. The molecule has 0 saturated heterocycles. The first-order valence-electron chi connectivity index (χ1n) is 5.70. The van der Waals surface area contributed by atoms with Crippen LogP contribution in [-0.4, -0.2) is 11.6 Å². The Hall–Kier alpha value is -1.04. The molecular formula is C13H12ClF2NOS. The highest BCUT2D eigenvalue weighted by atomic mass is 35.5. The summed E-state index contributed by atoms with van der Waals surface area (Å²) in [4.78, 5) is 3.93. The molecule has 1 aromatic carbocycles. The van der Waals surface area contributed by atoms with E-state index in [2.05, 4.69) is 4.98 Å². The van der Waals surface area contributed by atoms with E-state index in [1.807, 2.05) is 6.92 Å². The molecule has 0 aliphatic carbocycles.